The first-order valence-corrected chi connectivity index (χ1v) is 33.6. The first kappa shape index (κ1) is 40.9. The van der Waals surface area contributed by atoms with Gasteiger partial charge < -0.3 is 4.74 Å². The summed E-state index contributed by atoms with van der Waals surface area (Å²) >= 11 is 0. The predicted octanol–water partition coefficient (Wildman–Crippen LogP) is 19.9. The van der Waals surface area contributed by atoms with Gasteiger partial charge in [0.1, 0.15) is 17.3 Å². The largest absolute Gasteiger partial charge is 0.458 e. The molecule has 6 heteroatoms. The number of rotatable bonds is 12. The van der Waals surface area contributed by atoms with E-state index in [-0.39, 0.29) is 44.5 Å². The fraction of sp³-hybridized carbons (Fsp3) is 0.191. The van der Waals surface area contributed by atoms with Crippen LogP contribution in [0.25, 0.3) is 83.4 Å². The van der Waals surface area contributed by atoms with Gasteiger partial charge in [0.15, 0.2) is 8.07 Å². The zero-order valence-electron chi connectivity index (χ0n) is 78.1. The summed E-state index contributed by atoms with van der Waals surface area (Å²) in [5, 5.41) is -0.618. The summed E-state index contributed by atoms with van der Waals surface area (Å²) in [5.74, 6) is 0.708. The third-order valence-corrected chi connectivity index (χ3v) is 22.0. The molecule has 0 aliphatic carbocycles. The molecule has 0 aliphatic rings. The van der Waals surface area contributed by atoms with E-state index in [1.165, 1.54) is 12.3 Å². The van der Waals surface area contributed by atoms with Gasteiger partial charge in [-0.1, -0.05) is 295 Å². The maximum Gasteiger partial charge on any atom is 0.269 e. The number of aryl methyl sites for hydroxylation is 1. The van der Waals surface area contributed by atoms with Crippen molar-refractivity contribution in [2.24, 2.45) is 0 Å². The fourth-order valence-corrected chi connectivity index (χ4v) is 16.6. The highest BCUT2D eigenvalue weighted by atomic mass is 28.3. The van der Waals surface area contributed by atoms with E-state index in [0.29, 0.717) is 50.2 Å². The van der Waals surface area contributed by atoms with Crippen LogP contribution in [0, 0.1) is 13.2 Å². The van der Waals surface area contributed by atoms with E-state index in [4.69, 9.17) is 24.8 Å². The minimum atomic E-state index is -6.04. The maximum atomic E-state index is 10.4. The summed E-state index contributed by atoms with van der Waals surface area (Å²) in [5.41, 5.74) is 5.12. The second-order valence-electron chi connectivity index (χ2n) is 28.2. The Morgan fingerprint density at radius 2 is 1.00 bits per heavy atom. The van der Waals surface area contributed by atoms with Gasteiger partial charge in [0.2, 0.25) is 0 Å². The number of hydrogen-bond donors (Lipinski definition) is 0. The molecule has 0 unspecified atom stereocenters. The van der Waals surface area contributed by atoms with Crippen molar-refractivity contribution >= 4 is 61.7 Å². The second kappa shape index (κ2) is 24.0. The molecule has 0 amide bonds. The van der Waals surface area contributed by atoms with E-state index in [2.05, 4.69) is 86.8 Å². The zero-order chi connectivity index (χ0) is 86.1. The summed E-state index contributed by atoms with van der Waals surface area (Å²) in [7, 11) is -6.04. The summed E-state index contributed by atoms with van der Waals surface area (Å²) in [4.78, 5) is 4.78. The quantitative estimate of drug-likeness (QED) is 0.0529. The number of para-hydroxylation sites is 1. The van der Waals surface area contributed by atoms with Crippen LogP contribution >= 0.6 is 0 Å². The van der Waals surface area contributed by atoms with Gasteiger partial charge in [0.05, 0.1) is 60.9 Å². The molecule has 0 spiro atoms. The Balaban J connectivity index is 1.12. The molecule has 470 valence electrons. The SMILES string of the molecule is [2H]c1c([2H])c([2H])c(-c2cnc(-n3c4ccccc4c4ccc(Oc5cccc(-n6[c-][n+](-c7c(-c8cc(C(C)(C)C)cc(C(C)(C)C)c8)cc(C(C)(C)C)cc7[Si](c7c([2H])c([2H])c([2H])c([2H])c7[2H])(c7c([2H])c([2H])c([2H])c([2H])c7[2H])c7c([2H])c([2H])c([2H])c([2H])c7[2H])c7ccc(-c8ccc(C(C)(C)C)cc8)cc76)c5)cc43)cc2C([2H])([2H])[2H])c([2H])c1[2H]. The molecule has 3 heterocycles. The third-order valence-electron chi connectivity index (χ3n) is 17.8. The lowest BCUT2D eigenvalue weighted by Crippen LogP contribution is -2.76. The first-order valence-electron chi connectivity index (χ1n) is 43.1. The number of imidazole rings is 1. The van der Waals surface area contributed by atoms with E-state index in [1.807, 2.05) is 106 Å². The van der Waals surface area contributed by atoms with Crippen molar-refractivity contribution in [3.05, 3.63) is 307 Å². The van der Waals surface area contributed by atoms with Gasteiger partial charge in [0.25, 0.3) is 6.33 Å². The van der Waals surface area contributed by atoms with Crippen molar-refractivity contribution in [2.45, 2.75) is 112 Å². The van der Waals surface area contributed by atoms with E-state index in [9.17, 15) is 16.4 Å². The highest BCUT2D eigenvalue weighted by Gasteiger charge is 2.45. The molecule has 0 bridgehead atoms. The molecule has 0 aliphatic heterocycles. The van der Waals surface area contributed by atoms with Crippen LogP contribution in [0.4, 0.5) is 0 Å². The van der Waals surface area contributed by atoms with Crippen molar-refractivity contribution in [1.82, 2.24) is 14.1 Å². The molecule has 14 aromatic rings. The minimum absolute atomic E-state index is 0.0716. The van der Waals surface area contributed by atoms with E-state index < -0.39 is 168 Å². The molecule has 3 aromatic heterocycles. The molecule has 0 saturated carbocycles. The lowest BCUT2D eigenvalue weighted by atomic mass is 9.78. The first-order chi connectivity index (χ1) is 55.0. The van der Waals surface area contributed by atoms with Gasteiger partial charge in [0, 0.05) is 32.7 Å². The number of fused-ring (bicyclic) bond motifs is 4. The van der Waals surface area contributed by atoms with Gasteiger partial charge in [-0.3, -0.25) is 13.7 Å². The van der Waals surface area contributed by atoms with Gasteiger partial charge >= 0.3 is 0 Å². The monoisotopic (exact) mass is 1280 g/mol. The number of nitrogens with zero attached hydrogens (tertiary/aromatic N) is 4. The summed E-state index contributed by atoms with van der Waals surface area (Å²) in [6.07, 6.45) is 4.96. The van der Waals surface area contributed by atoms with Crippen LogP contribution in [0.1, 0.15) is 142 Å². The fourth-order valence-electron chi connectivity index (χ4n) is 12.6. The average molecular weight is 1280 g/mol. The molecule has 0 saturated heterocycles. The van der Waals surface area contributed by atoms with Crippen LogP contribution in [0.15, 0.2) is 273 Å². The molecule has 0 fully saturated rings. The number of benzene rings is 11. The molecule has 11 aromatic carbocycles. The molecule has 0 atom stereocenters. The molecule has 14 rings (SSSR count). The third kappa shape index (κ3) is 11.6. The Morgan fingerprint density at radius 1 is 0.442 bits per heavy atom. The summed E-state index contributed by atoms with van der Waals surface area (Å²) in [6.45, 7) is 21.7. The van der Waals surface area contributed by atoms with Crippen molar-refractivity contribution < 1.29 is 40.8 Å². The van der Waals surface area contributed by atoms with Crippen molar-refractivity contribution in [2.75, 3.05) is 0 Å². The normalized spacial score (nSPS) is 16.0. The second-order valence-corrected chi connectivity index (χ2v) is 31.8. The van der Waals surface area contributed by atoms with E-state index in [1.54, 1.807) is 50.1 Å². The van der Waals surface area contributed by atoms with Crippen LogP contribution in [-0.2, 0) is 21.7 Å². The van der Waals surface area contributed by atoms with Crippen molar-refractivity contribution in [1.29, 1.82) is 0 Å². The number of aromatic nitrogens is 4. The lowest BCUT2D eigenvalue weighted by Gasteiger charge is -2.38. The predicted molar refractivity (Wildman–Crippen MR) is 402 cm³/mol. The van der Waals surface area contributed by atoms with Gasteiger partial charge in [-0.15, -0.1) is 0 Å². The summed E-state index contributed by atoms with van der Waals surface area (Å²) in [6, 6.07) is 28.3. The molecule has 0 N–H and O–H groups in total. The maximum absolute atomic E-state index is 10.4. The van der Waals surface area contributed by atoms with E-state index >= 15 is 0 Å². The van der Waals surface area contributed by atoms with Crippen LogP contribution in [0.5, 0.6) is 11.5 Å². The van der Waals surface area contributed by atoms with E-state index in [0.717, 1.165) is 38.6 Å². The van der Waals surface area contributed by atoms with Crippen LogP contribution in [0.2, 0.25) is 0 Å². The average Bonchev–Trinajstić information content (AvgIpc) is 0.809. The number of ether oxygens (including phenoxy) is 1. The Hall–Kier alpha value is -10.1. The lowest BCUT2D eigenvalue weighted by molar-refractivity contribution is -0.570. The molecular weight excluding hydrogens is 1170 g/mol. The number of pyridine rings is 1. The smallest absolute Gasteiger partial charge is 0.269 e. The van der Waals surface area contributed by atoms with Crippen molar-refractivity contribution in [3.63, 3.8) is 0 Å². The highest BCUT2D eigenvalue weighted by Crippen LogP contribution is 2.41. The van der Waals surface area contributed by atoms with Crippen LogP contribution < -0.4 is 30.1 Å². The Kier molecular flexibility index (Phi) is 10.3. The van der Waals surface area contributed by atoms with Gasteiger partial charge in [-0.05, 0) is 153 Å². The molecule has 0 radical (unpaired) electrons. The Morgan fingerprint density at radius 3 is 1.60 bits per heavy atom. The highest BCUT2D eigenvalue weighted by molar-refractivity contribution is 7.20. The molecule has 95 heavy (non-hydrogen) atoms. The van der Waals surface area contributed by atoms with Crippen molar-refractivity contribution in [3.8, 4) is 62.1 Å². The van der Waals surface area contributed by atoms with Crippen LogP contribution in [0.3, 0.4) is 0 Å². The van der Waals surface area contributed by atoms with Gasteiger partial charge in [-0.25, -0.2) is 4.98 Å². The summed E-state index contributed by atoms with van der Waals surface area (Å²) < 4.78 is 229. The Labute approximate surface area is 595 Å². The standard InChI is InChI=1S/C89H84N4OSi/c1-60-49-84(90-58-78(60)62-29-18-14-19-30-62)93-79-40-27-26-39-75(79)76-47-46-71(57-81(76)93)94-70-32-28-31-69(56-70)91-59-92(80-48-43-63(52-82(80)91)61-41-44-65(45-42-61)86(2,3)4)85-77(64-50-66(87(5,6)7)53-67(51-64)88(8,9)10)54-68(89(11,12)13)55-83(85)95(72-33-20-15-21-34-72,73-35-22-16-23-36-73)74-37-24-17-25-38-74/h14-58H,1-13H3/i1D3,14D,15D,16D,17D,18D,19D,20D,21D,22D,23D,24D,25D,29D,30D,33D,34D,35D,36D,37D,38D. The molecular formula is C89H84N4OSi. The minimum Gasteiger partial charge on any atom is -0.458 e. The number of hydrogen-bond acceptors (Lipinski definition) is 2. The zero-order valence-corrected chi connectivity index (χ0v) is 56.1. The molecule has 5 nitrogen and oxygen atoms in total. The topological polar surface area (TPSA) is 35.9 Å². The van der Waals surface area contributed by atoms with Crippen LogP contribution in [-0.4, -0.2) is 22.2 Å². The Bertz CT molecular complexity index is 6260. The van der Waals surface area contributed by atoms with Gasteiger partial charge in [-0.2, -0.15) is 0 Å².